The van der Waals surface area contributed by atoms with E-state index in [0.717, 1.165) is 50.2 Å². The van der Waals surface area contributed by atoms with Gasteiger partial charge in [-0.1, -0.05) is 12.8 Å². The summed E-state index contributed by atoms with van der Waals surface area (Å²) in [5.74, 6) is 7.34. The van der Waals surface area contributed by atoms with E-state index in [1.807, 2.05) is 43.9 Å². The maximum Gasteiger partial charge on any atom is 0.253 e. The molecule has 2 heterocycles. The van der Waals surface area contributed by atoms with Crippen LogP contribution in [0, 0.1) is 18.8 Å². The molecule has 32 heavy (non-hydrogen) atoms. The van der Waals surface area contributed by atoms with Crippen LogP contribution in [-0.4, -0.2) is 80.0 Å². The van der Waals surface area contributed by atoms with Crippen molar-refractivity contribution in [2.24, 2.45) is 0 Å². The lowest BCUT2D eigenvalue weighted by molar-refractivity contribution is -0.183. The molecule has 176 valence electrons. The molecule has 2 aliphatic heterocycles. The number of benzene rings is 1. The second-order valence-electron chi connectivity index (χ2n) is 9.19. The SMILES string of the molecule is CCC#CCN1CC(COC)OC2(CCN(C(=O)c3ccc(OC(C)C)c(C)c3)CC2)C1. The number of amides is 1. The fourth-order valence-corrected chi connectivity index (χ4v) is 4.62. The third-order valence-electron chi connectivity index (χ3n) is 6.09. The van der Waals surface area contributed by atoms with Crippen LogP contribution in [0.15, 0.2) is 18.2 Å². The van der Waals surface area contributed by atoms with Crippen molar-refractivity contribution in [3.63, 3.8) is 0 Å². The standard InChI is InChI=1S/C26H38N2O4/c1-6-7-8-13-27-17-23(18-30-5)32-26(19-27)11-14-28(15-12-26)25(29)22-9-10-24(21(4)16-22)31-20(2)3/h9-10,16,20,23H,6,11-15,17-19H2,1-5H3. The Labute approximate surface area is 193 Å². The summed E-state index contributed by atoms with van der Waals surface area (Å²) in [5.41, 5.74) is 1.46. The van der Waals surface area contributed by atoms with Crippen LogP contribution < -0.4 is 4.74 Å². The highest BCUT2D eigenvalue weighted by atomic mass is 16.5. The molecule has 3 rings (SSSR count). The fourth-order valence-electron chi connectivity index (χ4n) is 4.62. The van der Waals surface area contributed by atoms with E-state index in [2.05, 4.69) is 23.7 Å². The van der Waals surface area contributed by atoms with Crippen molar-refractivity contribution in [2.45, 2.75) is 64.8 Å². The van der Waals surface area contributed by atoms with E-state index in [1.54, 1.807) is 7.11 Å². The van der Waals surface area contributed by atoms with E-state index < -0.39 is 0 Å². The van der Waals surface area contributed by atoms with E-state index in [9.17, 15) is 4.79 Å². The zero-order valence-electron chi connectivity index (χ0n) is 20.3. The summed E-state index contributed by atoms with van der Waals surface area (Å²) >= 11 is 0. The molecule has 6 heteroatoms. The van der Waals surface area contributed by atoms with E-state index >= 15 is 0 Å². The first-order valence-corrected chi connectivity index (χ1v) is 11.8. The Bertz CT molecular complexity index is 834. The maximum atomic E-state index is 13.2. The lowest BCUT2D eigenvalue weighted by Gasteiger charge is -2.49. The predicted octanol–water partition coefficient (Wildman–Crippen LogP) is 3.52. The number of hydrogen-bond acceptors (Lipinski definition) is 5. The Hall–Kier alpha value is -2.07. The lowest BCUT2D eigenvalue weighted by Crippen LogP contribution is -2.60. The highest BCUT2D eigenvalue weighted by Gasteiger charge is 2.43. The van der Waals surface area contributed by atoms with Crippen molar-refractivity contribution in [1.29, 1.82) is 0 Å². The molecule has 0 N–H and O–H groups in total. The molecule has 0 aromatic heterocycles. The first-order chi connectivity index (χ1) is 15.4. The number of aryl methyl sites for hydroxylation is 1. The Kier molecular flexibility index (Phi) is 8.58. The number of carbonyl (C=O) groups is 1. The largest absolute Gasteiger partial charge is 0.491 e. The summed E-state index contributed by atoms with van der Waals surface area (Å²) in [4.78, 5) is 17.5. The van der Waals surface area contributed by atoms with Gasteiger partial charge < -0.3 is 19.1 Å². The summed E-state index contributed by atoms with van der Waals surface area (Å²) < 4.78 is 17.7. The quantitative estimate of drug-likeness (QED) is 0.631. The first kappa shape index (κ1) is 24.6. The van der Waals surface area contributed by atoms with Crippen LogP contribution >= 0.6 is 0 Å². The average molecular weight is 443 g/mol. The third-order valence-corrected chi connectivity index (χ3v) is 6.09. The average Bonchev–Trinajstić information content (AvgIpc) is 2.75. The van der Waals surface area contributed by atoms with Crippen LogP contribution in [0.2, 0.25) is 0 Å². The summed E-state index contributed by atoms with van der Waals surface area (Å²) in [5, 5.41) is 0. The Balaban J connectivity index is 1.64. The monoisotopic (exact) mass is 442 g/mol. The zero-order chi connectivity index (χ0) is 23.1. The minimum absolute atomic E-state index is 0.0376. The van der Waals surface area contributed by atoms with Gasteiger partial charge in [-0.15, -0.1) is 5.92 Å². The van der Waals surface area contributed by atoms with Gasteiger partial charge in [-0.25, -0.2) is 0 Å². The smallest absolute Gasteiger partial charge is 0.253 e. The Morgan fingerprint density at radius 3 is 2.66 bits per heavy atom. The van der Waals surface area contributed by atoms with Crippen LogP contribution in [-0.2, 0) is 9.47 Å². The molecule has 2 fully saturated rings. The van der Waals surface area contributed by atoms with E-state index in [1.165, 1.54) is 0 Å². The van der Waals surface area contributed by atoms with Gasteiger partial charge in [-0.3, -0.25) is 9.69 Å². The van der Waals surface area contributed by atoms with Gasteiger partial charge in [0.2, 0.25) is 0 Å². The molecule has 2 aliphatic rings. The molecule has 6 nitrogen and oxygen atoms in total. The molecule has 0 saturated carbocycles. The number of methoxy groups -OCH3 is 1. The minimum Gasteiger partial charge on any atom is -0.491 e. The van der Waals surface area contributed by atoms with Crippen molar-refractivity contribution in [1.82, 2.24) is 9.80 Å². The molecule has 0 aliphatic carbocycles. The molecule has 1 spiro atoms. The molecule has 1 aromatic carbocycles. The van der Waals surface area contributed by atoms with Crippen LogP contribution in [0.4, 0.5) is 0 Å². The molecule has 1 unspecified atom stereocenters. The van der Waals surface area contributed by atoms with E-state index in [-0.39, 0.29) is 23.7 Å². The third kappa shape index (κ3) is 6.25. The highest BCUT2D eigenvalue weighted by Crippen LogP contribution is 2.33. The number of ether oxygens (including phenoxy) is 3. The van der Waals surface area contributed by atoms with Crippen LogP contribution in [0.3, 0.4) is 0 Å². The van der Waals surface area contributed by atoms with Gasteiger partial charge in [-0.2, -0.15) is 0 Å². The van der Waals surface area contributed by atoms with E-state index in [0.29, 0.717) is 25.3 Å². The molecular formula is C26H38N2O4. The minimum atomic E-state index is -0.239. The molecule has 1 aromatic rings. The van der Waals surface area contributed by atoms with Crippen LogP contribution in [0.25, 0.3) is 0 Å². The normalized spacial score (nSPS) is 20.8. The van der Waals surface area contributed by atoms with Crippen molar-refractivity contribution in [2.75, 3.05) is 46.4 Å². The van der Waals surface area contributed by atoms with Crippen molar-refractivity contribution >= 4 is 5.91 Å². The lowest BCUT2D eigenvalue weighted by atomic mass is 9.88. The van der Waals surface area contributed by atoms with Gasteiger partial charge in [0.15, 0.2) is 0 Å². The number of nitrogens with zero attached hydrogens (tertiary/aromatic N) is 2. The first-order valence-electron chi connectivity index (χ1n) is 11.8. The number of piperidine rings is 1. The molecule has 0 radical (unpaired) electrons. The Morgan fingerprint density at radius 2 is 2.03 bits per heavy atom. The predicted molar refractivity (Wildman–Crippen MR) is 126 cm³/mol. The summed E-state index contributed by atoms with van der Waals surface area (Å²) in [6.45, 7) is 12.5. The van der Waals surface area contributed by atoms with Crippen LogP contribution in [0.5, 0.6) is 5.75 Å². The van der Waals surface area contributed by atoms with Gasteiger partial charge in [0.25, 0.3) is 5.91 Å². The summed E-state index contributed by atoms with van der Waals surface area (Å²) in [6, 6.07) is 5.71. The molecule has 1 amide bonds. The second-order valence-corrected chi connectivity index (χ2v) is 9.19. The topological polar surface area (TPSA) is 51.2 Å². The van der Waals surface area contributed by atoms with E-state index in [4.69, 9.17) is 14.2 Å². The highest BCUT2D eigenvalue weighted by molar-refractivity contribution is 5.94. The van der Waals surface area contributed by atoms with Gasteiger partial charge in [0.1, 0.15) is 5.75 Å². The summed E-state index contributed by atoms with van der Waals surface area (Å²) in [7, 11) is 1.71. The van der Waals surface area contributed by atoms with Crippen molar-refractivity contribution < 1.29 is 19.0 Å². The molecule has 1 atom stereocenters. The van der Waals surface area contributed by atoms with Crippen molar-refractivity contribution in [3.05, 3.63) is 29.3 Å². The maximum absolute atomic E-state index is 13.2. The Morgan fingerprint density at radius 1 is 1.28 bits per heavy atom. The van der Waals surface area contributed by atoms with Gasteiger partial charge in [0, 0.05) is 45.3 Å². The second kappa shape index (κ2) is 11.2. The van der Waals surface area contributed by atoms with Gasteiger partial charge >= 0.3 is 0 Å². The number of hydrogen-bond donors (Lipinski definition) is 0. The number of carbonyl (C=O) groups excluding carboxylic acids is 1. The molecule has 0 bridgehead atoms. The molecule has 2 saturated heterocycles. The number of morpholine rings is 1. The number of likely N-dealkylation sites (tertiary alicyclic amines) is 1. The summed E-state index contributed by atoms with van der Waals surface area (Å²) in [6.07, 6.45) is 2.67. The van der Waals surface area contributed by atoms with Gasteiger partial charge in [-0.05, 0) is 57.4 Å². The van der Waals surface area contributed by atoms with Crippen molar-refractivity contribution in [3.8, 4) is 17.6 Å². The van der Waals surface area contributed by atoms with Crippen LogP contribution in [0.1, 0.15) is 56.0 Å². The zero-order valence-corrected chi connectivity index (χ0v) is 20.3. The van der Waals surface area contributed by atoms with Gasteiger partial charge in [0.05, 0.1) is 31.0 Å². The molecular weight excluding hydrogens is 404 g/mol. The number of rotatable bonds is 6. The fraction of sp³-hybridized carbons (Fsp3) is 0.654.